The van der Waals surface area contributed by atoms with Crippen LogP contribution < -0.4 is 5.32 Å². The van der Waals surface area contributed by atoms with Crippen molar-refractivity contribution >= 4 is 28.4 Å². The van der Waals surface area contributed by atoms with Gasteiger partial charge in [0.05, 0.1) is 11.2 Å². The molecule has 1 unspecified atom stereocenters. The van der Waals surface area contributed by atoms with E-state index in [-0.39, 0.29) is 23.8 Å². The zero-order chi connectivity index (χ0) is 16.7. The molecule has 1 saturated carbocycles. The van der Waals surface area contributed by atoms with Crippen molar-refractivity contribution in [3.63, 3.8) is 0 Å². The molecule has 1 aromatic heterocycles. The lowest BCUT2D eigenvalue weighted by Gasteiger charge is -2.24. The van der Waals surface area contributed by atoms with Gasteiger partial charge in [0.15, 0.2) is 0 Å². The van der Waals surface area contributed by atoms with Gasteiger partial charge in [-0.25, -0.2) is 0 Å². The Kier molecular flexibility index (Phi) is 3.71. The second-order valence-corrected chi connectivity index (χ2v) is 6.78. The number of para-hydroxylation sites is 1. The zero-order valence-corrected chi connectivity index (χ0v) is 13.8. The number of hydrogen-bond donors (Lipinski definition) is 1. The first-order valence-electron chi connectivity index (χ1n) is 8.61. The molecular weight excluding hydrogens is 302 g/mol. The Morgan fingerprint density at radius 3 is 2.79 bits per heavy atom. The van der Waals surface area contributed by atoms with Gasteiger partial charge in [-0.05, 0) is 44.7 Å². The number of amides is 2. The Bertz CT molecular complexity index is 813. The number of rotatable bonds is 3. The predicted octanol–water partition coefficient (Wildman–Crippen LogP) is 2.88. The van der Waals surface area contributed by atoms with Crippen LogP contribution in [0.3, 0.4) is 0 Å². The quantitative estimate of drug-likeness (QED) is 0.945. The molecule has 1 aliphatic carbocycles. The number of nitrogens with zero attached hydrogens (tertiary/aromatic N) is 2. The van der Waals surface area contributed by atoms with E-state index in [1.807, 2.05) is 37.3 Å². The molecule has 1 N–H and O–H groups in total. The third-order valence-corrected chi connectivity index (χ3v) is 4.88. The molecule has 2 heterocycles. The number of pyridine rings is 1. The standard InChI is InChI=1S/C19H21N3O2/c1-12-7-8-13-4-2-5-15(17(13)20-12)21-18(23)16-6-3-11-22(16)19(24)14-9-10-14/h2,4-5,7-8,14,16H,3,6,9-11H2,1H3,(H,21,23). The molecule has 2 amide bonds. The third kappa shape index (κ3) is 2.75. The minimum atomic E-state index is -0.349. The van der Waals surface area contributed by atoms with Crippen LogP contribution >= 0.6 is 0 Å². The molecular formula is C19H21N3O2. The Hall–Kier alpha value is -2.43. The van der Waals surface area contributed by atoms with Crippen LogP contribution in [0.25, 0.3) is 10.9 Å². The van der Waals surface area contributed by atoms with Crippen molar-refractivity contribution < 1.29 is 9.59 Å². The van der Waals surface area contributed by atoms with E-state index in [1.54, 1.807) is 4.90 Å². The highest BCUT2D eigenvalue weighted by Gasteiger charge is 2.40. The second-order valence-electron chi connectivity index (χ2n) is 6.78. The summed E-state index contributed by atoms with van der Waals surface area (Å²) >= 11 is 0. The number of fused-ring (bicyclic) bond motifs is 1. The fourth-order valence-electron chi connectivity index (χ4n) is 3.43. The van der Waals surface area contributed by atoms with Gasteiger partial charge in [0.1, 0.15) is 6.04 Å². The van der Waals surface area contributed by atoms with Crippen LogP contribution in [0.15, 0.2) is 30.3 Å². The molecule has 1 saturated heterocycles. The average Bonchev–Trinajstić information content (AvgIpc) is 3.31. The summed E-state index contributed by atoms with van der Waals surface area (Å²) in [6.45, 7) is 2.63. The zero-order valence-electron chi connectivity index (χ0n) is 13.8. The number of nitrogens with one attached hydrogen (secondary N) is 1. The van der Waals surface area contributed by atoms with Crippen molar-refractivity contribution in [1.29, 1.82) is 0 Å². The topological polar surface area (TPSA) is 62.3 Å². The van der Waals surface area contributed by atoms with E-state index in [9.17, 15) is 9.59 Å². The van der Waals surface area contributed by atoms with Crippen molar-refractivity contribution in [3.8, 4) is 0 Å². The molecule has 5 nitrogen and oxygen atoms in total. The van der Waals surface area contributed by atoms with Crippen LogP contribution in [0.4, 0.5) is 5.69 Å². The number of aryl methyl sites for hydroxylation is 1. The Morgan fingerprint density at radius 2 is 2.00 bits per heavy atom. The van der Waals surface area contributed by atoms with Gasteiger partial charge in [-0.1, -0.05) is 18.2 Å². The first-order chi connectivity index (χ1) is 11.6. The minimum Gasteiger partial charge on any atom is -0.330 e. The first-order valence-corrected chi connectivity index (χ1v) is 8.61. The summed E-state index contributed by atoms with van der Waals surface area (Å²) in [5, 5.41) is 4.00. The van der Waals surface area contributed by atoms with Gasteiger partial charge in [0, 0.05) is 23.5 Å². The maximum atomic E-state index is 12.8. The number of carbonyl (C=O) groups excluding carboxylic acids is 2. The van der Waals surface area contributed by atoms with Crippen LogP contribution in [-0.2, 0) is 9.59 Å². The number of anilines is 1. The van der Waals surface area contributed by atoms with Crippen LogP contribution in [0.2, 0.25) is 0 Å². The van der Waals surface area contributed by atoms with Crippen molar-refractivity contribution in [2.24, 2.45) is 5.92 Å². The summed E-state index contributed by atoms with van der Waals surface area (Å²) in [5.41, 5.74) is 2.42. The molecule has 0 radical (unpaired) electrons. The lowest BCUT2D eigenvalue weighted by Crippen LogP contribution is -2.43. The number of aromatic nitrogens is 1. The van der Waals surface area contributed by atoms with Gasteiger partial charge in [0.2, 0.25) is 11.8 Å². The lowest BCUT2D eigenvalue weighted by atomic mass is 10.1. The summed E-state index contributed by atoms with van der Waals surface area (Å²) < 4.78 is 0. The smallest absolute Gasteiger partial charge is 0.247 e. The van der Waals surface area contributed by atoms with E-state index in [1.165, 1.54) is 0 Å². The number of carbonyl (C=O) groups is 2. The molecule has 5 heteroatoms. The average molecular weight is 323 g/mol. The summed E-state index contributed by atoms with van der Waals surface area (Å²) in [4.78, 5) is 31.5. The molecule has 1 aliphatic heterocycles. The predicted molar refractivity (Wildman–Crippen MR) is 92.6 cm³/mol. The van der Waals surface area contributed by atoms with Crippen LogP contribution in [0.5, 0.6) is 0 Å². The fourth-order valence-corrected chi connectivity index (χ4v) is 3.43. The SMILES string of the molecule is Cc1ccc2cccc(NC(=O)C3CCCN3C(=O)C3CC3)c2n1. The van der Waals surface area contributed by atoms with Crippen LogP contribution in [0.1, 0.15) is 31.4 Å². The summed E-state index contributed by atoms with van der Waals surface area (Å²) in [7, 11) is 0. The van der Waals surface area contributed by atoms with Gasteiger partial charge in [-0.3, -0.25) is 14.6 Å². The van der Waals surface area contributed by atoms with Crippen molar-refractivity contribution in [2.45, 2.75) is 38.6 Å². The monoisotopic (exact) mass is 323 g/mol. The molecule has 2 fully saturated rings. The molecule has 1 aromatic carbocycles. The van der Waals surface area contributed by atoms with E-state index >= 15 is 0 Å². The van der Waals surface area contributed by atoms with Gasteiger partial charge in [-0.15, -0.1) is 0 Å². The van der Waals surface area contributed by atoms with E-state index in [0.29, 0.717) is 12.2 Å². The van der Waals surface area contributed by atoms with E-state index in [2.05, 4.69) is 10.3 Å². The molecule has 24 heavy (non-hydrogen) atoms. The van der Waals surface area contributed by atoms with E-state index in [4.69, 9.17) is 0 Å². The molecule has 0 bridgehead atoms. The van der Waals surface area contributed by atoms with Gasteiger partial charge in [-0.2, -0.15) is 0 Å². The summed E-state index contributed by atoms with van der Waals surface area (Å²) in [6, 6.07) is 9.38. The normalized spacial score (nSPS) is 20.4. The van der Waals surface area contributed by atoms with E-state index < -0.39 is 0 Å². The van der Waals surface area contributed by atoms with Crippen LogP contribution in [-0.4, -0.2) is 34.3 Å². The van der Waals surface area contributed by atoms with Gasteiger partial charge < -0.3 is 10.2 Å². The summed E-state index contributed by atoms with van der Waals surface area (Å²) in [6.07, 6.45) is 3.57. The fraction of sp³-hybridized carbons (Fsp3) is 0.421. The van der Waals surface area contributed by atoms with Gasteiger partial charge >= 0.3 is 0 Å². The number of benzene rings is 1. The molecule has 4 rings (SSSR count). The van der Waals surface area contributed by atoms with Crippen molar-refractivity contribution in [2.75, 3.05) is 11.9 Å². The number of likely N-dealkylation sites (tertiary alicyclic amines) is 1. The Morgan fingerprint density at radius 1 is 1.17 bits per heavy atom. The Labute approximate surface area is 141 Å². The molecule has 0 spiro atoms. The second kappa shape index (κ2) is 5.89. The van der Waals surface area contributed by atoms with Crippen molar-refractivity contribution in [3.05, 3.63) is 36.0 Å². The highest BCUT2D eigenvalue weighted by atomic mass is 16.2. The maximum absolute atomic E-state index is 12.8. The van der Waals surface area contributed by atoms with E-state index in [0.717, 1.165) is 42.3 Å². The molecule has 2 aromatic rings. The molecule has 1 atom stereocenters. The van der Waals surface area contributed by atoms with Crippen molar-refractivity contribution in [1.82, 2.24) is 9.88 Å². The maximum Gasteiger partial charge on any atom is 0.247 e. The summed E-state index contributed by atoms with van der Waals surface area (Å²) in [5.74, 6) is 0.206. The largest absolute Gasteiger partial charge is 0.330 e. The molecule has 2 aliphatic rings. The number of hydrogen-bond acceptors (Lipinski definition) is 3. The minimum absolute atomic E-state index is 0.0997. The first kappa shape index (κ1) is 15.1. The van der Waals surface area contributed by atoms with Crippen LogP contribution in [0, 0.1) is 12.8 Å². The highest BCUT2D eigenvalue weighted by molar-refractivity contribution is 6.03. The molecule has 124 valence electrons. The van der Waals surface area contributed by atoms with Gasteiger partial charge in [0.25, 0.3) is 0 Å². The third-order valence-electron chi connectivity index (χ3n) is 4.88. The highest BCUT2D eigenvalue weighted by Crippen LogP contribution is 2.34. The Balaban J connectivity index is 1.57. The lowest BCUT2D eigenvalue weighted by molar-refractivity contribution is -0.137.